The van der Waals surface area contributed by atoms with Crippen LogP contribution in [0.15, 0.2) is 72.8 Å². The standard InChI is InChI=1S/C24H20O4/c1-28-24-15-9-18-4-2-3-5-22(18)23(24)14-13-21(27)16-20(26)12-8-17-6-10-19(25)11-7-17/h2-15,25H,16H2,1H3. The van der Waals surface area contributed by atoms with Gasteiger partial charge in [0.2, 0.25) is 0 Å². The van der Waals surface area contributed by atoms with E-state index in [-0.39, 0.29) is 23.7 Å². The van der Waals surface area contributed by atoms with Crippen LogP contribution < -0.4 is 4.74 Å². The lowest BCUT2D eigenvalue weighted by Gasteiger charge is -2.08. The van der Waals surface area contributed by atoms with Crippen molar-refractivity contribution in [2.45, 2.75) is 6.42 Å². The van der Waals surface area contributed by atoms with Crippen LogP contribution in [0.2, 0.25) is 0 Å². The summed E-state index contributed by atoms with van der Waals surface area (Å²) >= 11 is 0. The molecule has 28 heavy (non-hydrogen) atoms. The number of rotatable bonds is 7. The summed E-state index contributed by atoms with van der Waals surface area (Å²) < 4.78 is 5.40. The van der Waals surface area contributed by atoms with E-state index in [0.29, 0.717) is 5.75 Å². The lowest BCUT2D eigenvalue weighted by Crippen LogP contribution is -2.02. The molecule has 0 spiro atoms. The van der Waals surface area contributed by atoms with E-state index in [0.717, 1.165) is 21.9 Å². The number of ketones is 2. The number of hydrogen-bond donors (Lipinski definition) is 1. The van der Waals surface area contributed by atoms with E-state index in [4.69, 9.17) is 4.74 Å². The topological polar surface area (TPSA) is 63.6 Å². The zero-order valence-electron chi connectivity index (χ0n) is 15.5. The summed E-state index contributed by atoms with van der Waals surface area (Å²) in [4.78, 5) is 24.2. The maximum absolute atomic E-state index is 12.2. The Morgan fingerprint density at radius 2 is 1.57 bits per heavy atom. The number of phenols is 1. The lowest BCUT2D eigenvalue weighted by molar-refractivity contribution is -0.121. The Balaban J connectivity index is 1.71. The molecule has 0 atom stereocenters. The molecule has 3 aromatic rings. The molecule has 0 fully saturated rings. The molecule has 0 aliphatic heterocycles. The number of aromatic hydroxyl groups is 1. The molecule has 0 saturated carbocycles. The highest BCUT2D eigenvalue weighted by Gasteiger charge is 2.08. The van der Waals surface area contributed by atoms with Crippen LogP contribution in [-0.4, -0.2) is 23.8 Å². The number of fused-ring (bicyclic) bond motifs is 1. The van der Waals surface area contributed by atoms with Crippen molar-refractivity contribution in [3.8, 4) is 11.5 Å². The van der Waals surface area contributed by atoms with Crippen molar-refractivity contribution in [3.63, 3.8) is 0 Å². The molecule has 0 aliphatic rings. The summed E-state index contributed by atoms with van der Waals surface area (Å²) in [5, 5.41) is 11.3. The van der Waals surface area contributed by atoms with Crippen LogP contribution in [0.1, 0.15) is 17.5 Å². The molecule has 4 nitrogen and oxygen atoms in total. The van der Waals surface area contributed by atoms with Gasteiger partial charge in [0.1, 0.15) is 11.5 Å². The molecule has 0 aromatic heterocycles. The second-order valence-electron chi connectivity index (χ2n) is 6.27. The number of hydrogen-bond acceptors (Lipinski definition) is 4. The number of benzene rings is 3. The number of carbonyl (C=O) groups is 2. The largest absolute Gasteiger partial charge is 0.508 e. The first-order chi connectivity index (χ1) is 13.6. The lowest BCUT2D eigenvalue weighted by atomic mass is 10.0. The second kappa shape index (κ2) is 8.82. The van der Waals surface area contributed by atoms with E-state index in [1.165, 1.54) is 24.3 Å². The molecule has 0 saturated heterocycles. The van der Waals surface area contributed by atoms with E-state index >= 15 is 0 Å². The minimum absolute atomic E-state index is 0.160. The highest BCUT2D eigenvalue weighted by molar-refractivity contribution is 6.11. The zero-order chi connectivity index (χ0) is 19.9. The van der Waals surface area contributed by atoms with Crippen molar-refractivity contribution in [3.05, 3.63) is 83.9 Å². The number of phenolic OH excluding ortho intramolecular Hbond substituents is 1. The molecule has 0 aliphatic carbocycles. The van der Waals surface area contributed by atoms with Crippen LogP contribution in [0.3, 0.4) is 0 Å². The third-order valence-electron chi connectivity index (χ3n) is 4.29. The average Bonchev–Trinajstić information content (AvgIpc) is 2.71. The predicted molar refractivity (Wildman–Crippen MR) is 111 cm³/mol. The van der Waals surface area contributed by atoms with Crippen LogP contribution in [-0.2, 0) is 9.59 Å². The van der Waals surface area contributed by atoms with Gasteiger partial charge in [-0.3, -0.25) is 9.59 Å². The second-order valence-corrected chi connectivity index (χ2v) is 6.27. The molecule has 140 valence electrons. The average molecular weight is 372 g/mol. The van der Waals surface area contributed by atoms with E-state index < -0.39 is 0 Å². The van der Waals surface area contributed by atoms with Gasteiger partial charge in [0.25, 0.3) is 0 Å². The minimum atomic E-state index is -0.285. The van der Waals surface area contributed by atoms with Gasteiger partial charge in [0.15, 0.2) is 11.6 Å². The molecule has 0 amide bonds. The molecule has 1 N–H and O–H groups in total. The Labute approximate surface area is 163 Å². The van der Waals surface area contributed by atoms with Crippen molar-refractivity contribution in [2.24, 2.45) is 0 Å². The van der Waals surface area contributed by atoms with E-state index in [9.17, 15) is 14.7 Å². The third-order valence-corrected chi connectivity index (χ3v) is 4.29. The fourth-order valence-corrected chi connectivity index (χ4v) is 2.87. The minimum Gasteiger partial charge on any atom is -0.508 e. The van der Waals surface area contributed by atoms with Crippen LogP contribution in [0, 0.1) is 0 Å². The van der Waals surface area contributed by atoms with Crippen molar-refractivity contribution >= 4 is 34.5 Å². The van der Waals surface area contributed by atoms with Crippen molar-refractivity contribution in [1.82, 2.24) is 0 Å². The molecule has 0 unspecified atom stereocenters. The smallest absolute Gasteiger partial charge is 0.163 e. The van der Waals surface area contributed by atoms with Crippen molar-refractivity contribution < 1.29 is 19.4 Å². The summed E-state index contributed by atoms with van der Waals surface area (Å²) in [6.07, 6.45) is 5.89. The Bertz CT molecular complexity index is 1060. The monoisotopic (exact) mass is 372 g/mol. The number of allylic oxidation sites excluding steroid dienone is 2. The number of ether oxygens (including phenoxy) is 1. The Kier molecular flexibility index (Phi) is 6.02. The van der Waals surface area contributed by atoms with Gasteiger partial charge in [-0.2, -0.15) is 0 Å². The van der Waals surface area contributed by atoms with Gasteiger partial charge in [0.05, 0.1) is 13.5 Å². The first-order valence-electron chi connectivity index (χ1n) is 8.83. The predicted octanol–water partition coefficient (Wildman–Crippen LogP) is 4.81. The Morgan fingerprint density at radius 1 is 0.893 bits per heavy atom. The van der Waals surface area contributed by atoms with Gasteiger partial charge < -0.3 is 9.84 Å². The van der Waals surface area contributed by atoms with E-state index in [2.05, 4.69) is 0 Å². The molecule has 3 aromatic carbocycles. The third kappa shape index (κ3) is 4.74. The SMILES string of the molecule is COc1ccc2ccccc2c1C=CC(=O)CC(=O)C=Cc1ccc(O)cc1. The van der Waals surface area contributed by atoms with Crippen LogP contribution in [0.5, 0.6) is 11.5 Å². The van der Waals surface area contributed by atoms with Gasteiger partial charge in [-0.05, 0) is 52.8 Å². The van der Waals surface area contributed by atoms with Gasteiger partial charge in [-0.15, -0.1) is 0 Å². The zero-order valence-corrected chi connectivity index (χ0v) is 15.5. The summed E-state index contributed by atoms with van der Waals surface area (Å²) in [5.41, 5.74) is 1.58. The summed E-state index contributed by atoms with van der Waals surface area (Å²) in [6.45, 7) is 0. The summed E-state index contributed by atoms with van der Waals surface area (Å²) in [7, 11) is 1.58. The first kappa shape index (κ1) is 19.1. The van der Waals surface area contributed by atoms with Gasteiger partial charge in [-0.25, -0.2) is 0 Å². The number of carbonyl (C=O) groups excluding carboxylic acids is 2. The highest BCUT2D eigenvalue weighted by atomic mass is 16.5. The van der Waals surface area contributed by atoms with Crippen LogP contribution in [0.4, 0.5) is 0 Å². The molecule has 3 rings (SSSR count). The molecule has 0 radical (unpaired) electrons. The van der Waals surface area contributed by atoms with Crippen molar-refractivity contribution in [1.29, 1.82) is 0 Å². The van der Waals surface area contributed by atoms with Gasteiger partial charge in [-0.1, -0.05) is 48.5 Å². The quantitative estimate of drug-likeness (QED) is 0.478. The van der Waals surface area contributed by atoms with Crippen molar-refractivity contribution in [2.75, 3.05) is 7.11 Å². The highest BCUT2D eigenvalue weighted by Crippen LogP contribution is 2.29. The number of methoxy groups -OCH3 is 1. The fourth-order valence-electron chi connectivity index (χ4n) is 2.87. The Morgan fingerprint density at radius 3 is 2.29 bits per heavy atom. The Hall–Kier alpha value is -3.66. The van der Waals surface area contributed by atoms with Crippen LogP contribution in [0.25, 0.3) is 22.9 Å². The van der Waals surface area contributed by atoms with E-state index in [1.807, 2.05) is 36.4 Å². The molecule has 0 heterocycles. The summed E-state index contributed by atoms with van der Waals surface area (Å²) in [6, 6.07) is 18.1. The molecule has 4 heteroatoms. The molecular formula is C24H20O4. The fraction of sp³-hybridized carbons (Fsp3) is 0.0833. The summed E-state index contributed by atoms with van der Waals surface area (Å²) in [5.74, 6) is 0.261. The normalized spacial score (nSPS) is 11.3. The van der Waals surface area contributed by atoms with Crippen LogP contribution >= 0.6 is 0 Å². The molecule has 0 bridgehead atoms. The maximum atomic E-state index is 12.2. The first-order valence-corrected chi connectivity index (χ1v) is 8.83. The van der Waals surface area contributed by atoms with E-state index in [1.54, 1.807) is 31.4 Å². The van der Waals surface area contributed by atoms with Gasteiger partial charge >= 0.3 is 0 Å². The molecular weight excluding hydrogens is 352 g/mol. The van der Waals surface area contributed by atoms with Gasteiger partial charge in [0, 0.05) is 5.56 Å². The maximum Gasteiger partial charge on any atom is 0.163 e.